The number of hydrogen-bond acceptors (Lipinski definition) is 4. The van der Waals surface area contributed by atoms with E-state index in [1.807, 2.05) is 48.5 Å². The Bertz CT molecular complexity index is 716. The van der Waals surface area contributed by atoms with Crippen molar-refractivity contribution in [3.63, 3.8) is 0 Å². The van der Waals surface area contributed by atoms with E-state index >= 15 is 0 Å². The lowest BCUT2D eigenvalue weighted by Gasteiger charge is -2.11. The summed E-state index contributed by atoms with van der Waals surface area (Å²) in [5.74, 6) is 1.88. The molecule has 1 atom stereocenters. The third-order valence-corrected chi connectivity index (χ3v) is 4.78. The Hall–Kier alpha value is -2.14. The van der Waals surface area contributed by atoms with Crippen molar-refractivity contribution >= 4 is 34.7 Å². The fourth-order valence-corrected chi connectivity index (χ4v) is 2.93. The van der Waals surface area contributed by atoms with Gasteiger partial charge >= 0.3 is 0 Å². The Morgan fingerprint density at radius 1 is 1.12 bits per heavy atom. The highest BCUT2D eigenvalue weighted by Gasteiger charge is 2.30. The van der Waals surface area contributed by atoms with Gasteiger partial charge in [0.05, 0.1) is 11.9 Å². The van der Waals surface area contributed by atoms with E-state index < -0.39 is 0 Å². The fourth-order valence-electron chi connectivity index (χ4n) is 2.47. The zero-order chi connectivity index (χ0) is 17.5. The highest BCUT2D eigenvalue weighted by molar-refractivity contribution is 8.07. The summed E-state index contributed by atoms with van der Waals surface area (Å²) >= 11 is 1.67. The minimum absolute atomic E-state index is 0.0876. The average molecular weight is 356 g/mol. The zero-order valence-electron chi connectivity index (χ0n) is 14.5. The molecule has 0 aromatic heterocycles. The van der Waals surface area contributed by atoms with E-state index in [1.165, 1.54) is 12.8 Å². The van der Waals surface area contributed by atoms with Crippen molar-refractivity contribution in [3.8, 4) is 5.75 Å². The van der Waals surface area contributed by atoms with Gasteiger partial charge < -0.3 is 15.4 Å². The molecule has 1 fully saturated rings. The maximum atomic E-state index is 11.9. The molecule has 132 valence electrons. The SMILES string of the molecule is CCCCCOc1cccc(Nc2cccc(NC(=O)[C@H]3CS3)c2)c1. The molecule has 0 saturated carbocycles. The Balaban J connectivity index is 1.58. The van der Waals surface area contributed by atoms with Gasteiger partial charge in [-0.15, -0.1) is 11.8 Å². The minimum atomic E-state index is 0.0876. The number of ether oxygens (including phenoxy) is 1. The molecule has 0 bridgehead atoms. The standard InChI is InChI=1S/C20H24N2O2S/c1-2-3-4-11-24-18-10-6-9-17(13-18)21-15-7-5-8-16(12-15)22-20(23)19-14-25-19/h5-10,12-13,19,21H,2-4,11,14H2,1H3,(H,22,23)/t19-/m1/s1. The first-order valence-electron chi connectivity index (χ1n) is 8.77. The van der Waals surface area contributed by atoms with E-state index in [2.05, 4.69) is 17.6 Å². The molecule has 25 heavy (non-hydrogen) atoms. The molecule has 0 spiro atoms. The van der Waals surface area contributed by atoms with Gasteiger partial charge in [0.25, 0.3) is 0 Å². The summed E-state index contributed by atoms with van der Waals surface area (Å²) in [5.41, 5.74) is 2.72. The third-order valence-electron chi connectivity index (χ3n) is 3.90. The van der Waals surface area contributed by atoms with Gasteiger partial charge in [0, 0.05) is 28.9 Å². The van der Waals surface area contributed by atoms with Crippen molar-refractivity contribution in [2.45, 2.75) is 31.4 Å². The highest BCUT2D eigenvalue weighted by Crippen LogP contribution is 2.31. The molecule has 1 aliphatic rings. The van der Waals surface area contributed by atoms with Crippen LogP contribution in [-0.4, -0.2) is 23.5 Å². The molecule has 5 heteroatoms. The summed E-state index contributed by atoms with van der Waals surface area (Å²) < 4.78 is 5.80. The van der Waals surface area contributed by atoms with Crippen LogP contribution in [0.2, 0.25) is 0 Å². The van der Waals surface area contributed by atoms with Crippen molar-refractivity contribution < 1.29 is 9.53 Å². The summed E-state index contributed by atoms with van der Waals surface area (Å²) in [6.07, 6.45) is 3.46. The average Bonchev–Trinajstić information content (AvgIpc) is 3.45. The van der Waals surface area contributed by atoms with Crippen molar-refractivity contribution in [1.29, 1.82) is 0 Å². The zero-order valence-corrected chi connectivity index (χ0v) is 15.3. The van der Waals surface area contributed by atoms with Crippen molar-refractivity contribution in [2.24, 2.45) is 0 Å². The van der Waals surface area contributed by atoms with Crippen LogP contribution in [0.25, 0.3) is 0 Å². The molecule has 1 heterocycles. The summed E-state index contributed by atoms with van der Waals surface area (Å²) in [6.45, 7) is 2.93. The molecule has 0 radical (unpaired) electrons. The van der Waals surface area contributed by atoms with Crippen LogP contribution in [0.15, 0.2) is 48.5 Å². The second-order valence-electron chi connectivity index (χ2n) is 6.10. The molecule has 3 rings (SSSR count). The lowest BCUT2D eigenvalue weighted by atomic mass is 10.2. The van der Waals surface area contributed by atoms with Gasteiger partial charge in [-0.25, -0.2) is 0 Å². The number of thioether (sulfide) groups is 1. The quantitative estimate of drug-likeness (QED) is 0.487. The lowest BCUT2D eigenvalue weighted by Crippen LogP contribution is -2.16. The maximum Gasteiger partial charge on any atom is 0.238 e. The highest BCUT2D eigenvalue weighted by atomic mass is 32.2. The molecule has 1 amide bonds. The van der Waals surface area contributed by atoms with Crippen LogP contribution in [0.5, 0.6) is 5.75 Å². The van der Waals surface area contributed by atoms with E-state index in [-0.39, 0.29) is 11.2 Å². The Morgan fingerprint density at radius 3 is 2.60 bits per heavy atom. The molecule has 1 saturated heterocycles. The van der Waals surface area contributed by atoms with Crippen molar-refractivity contribution in [2.75, 3.05) is 23.0 Å². The number of hydrogen-bond donors (Lipinski definition) is 2. The van der Waals surface area contributed by atoms with Gasteiger partial charge in [0.15, 0.2) is 0 Å². The van der Waals surface area contributed by atoms with Crippen LogP contribution >= 0.6 is 11.8 Å². The number of carbonyl (C=O) groups excluding carboxylic acids is 1. The summed E-state index contributed by atoms with van der Waals surface area (Å²) in [4.78, 5) is 11.9. The largest absolute Gasteiger partial charge is 0.494 e. The third kappa shape index (κ3) is 5.71. The van der Waals surface area contributed by atoms with Crippen LogP contribution in [0.4, 0.5) is 17.1 Å². The molecule has 0 unspecified atom stereocenters. The number of amides is 1. The topological polar surface area (TPSA) is 50.4 Å². The number of nitrogens with one attached hydrogen (secondary N) is 2. The lowest BCUT2D eigenvalue weighted by molar-refractivity contribution is -0.114. The smallest absolute Gasteiger partial charge is 0.238 e. The van der Waals surface area contributed by atoms with E-state index in [4.69, 9.17) is 4.74 Å². The van der Waals surface area contributed by atoms with E-state index in [0.29, 0.717) is 0 Å². The Kier molecular flexibility index (Phi) is 6.23. The molecule has 2 N–H and O–H groups in total. The van der Waals surface area contributed by atoms with E-state index in [1.54, 1.807) is 11.8 Å². The van der Waals surface area contributed by atoms with Crippen LogP contribution in [0, 0.1) is 0 Å². The monoisotopic (exact) mass is 356 g/mol. The molecule has 2 aromatic carbocycles. The first-order valence-corrected chi connectivity index (χ1v) is 9.82. The van der Waals surface area contributed by atoms with E-state index in [9.17, 15) is 4.79 Å². The number of unbranched alkanes of at least 4 members (excludes halogenated alkanes) is 2. The number of rotatable bonds is 9. The number of benzene rings is 2. The fraction of sp³-hybridized carbons (Fsp3) is 0.350. The molecule has 0 aliphatic carbocycles. The molecular weight excluding hydrogens is 332 g/mol. The Morgan fingerprint density at radius 2 is 1.84 bits per heavy atom. The van der Waals surface area contributed by atoms with Crippen molar-refractivity contribution in [1.82, 2.24) is 0 Å². The first-order chi connectivity index (χ1) is 12.2. The van der Waals surface area contributed by atoms with Crippen molar-refractivity contribution in [3.05, 3.63) is 48.5 Å². The van der Waals surface area contributed by atoms with Gasteiger partial charge in [0.1, 0.15) is 5.75 Å². The molecule has 4 nitrogen and oxygen atoms in total. The minimum Gasteiger partial charge on any atom is -0.494 e. The van der Waals surface area contributed by atoms with Gasteiger partial charge in [-0.2, -0.15) is 0 Å². The molecule has 1 aliphatic heterocycles. The number of carbonyl (C=O) groups is 1. The first kappa shape index (κ1) is 17.7. The van der Waals surface area contributed by atoms with Crippen LogP contribution in [0.3, 0.4) is 0 Å². The molecule has 2 aromatic rings. The molecular formula is C20H24N2O2S. The summed E-state index contributed by atoms with van der Waals surface area (Å²) in [7, 11) is 0. The van der Waals surface area contributed by atoms with E-state index in [0.717, 1.165) is 41.6 Å². The summed E-state index contributed by atoms with van der Waals surface area (Å²) in [6, 6.07) is 15.7. The van der Waals surface area contributed by atoms with Gasteiger partial charge in [-0.3, -0.25) is 4.79 Å². The van der Waals surface area contributed by atoms with Gasteiger partial charge in [0.2, 0.25) is 5.91 Å². The van der Waals surface area contributed by atoms with Crippen LogP contribution in [-0.2, 0) is 4.79 Å². The normalized spacial score (nSPS) is 15.5. The van der Waals surface area contributed by atoms with Gasteiger partial charge in [-0.05, 0) is 36.8 Å². The predicted octanol–water partition coefficient (Wildman–Crippen LogP) is 5.05. The van der Waals surface area contributed by atoms with Gasteiger partial charge in [-0.1, -0.05) is 31.9 Å². The second kappa shape index (κ2) is 8.81. The maximum absolute atomic E-state index is 11.9. The second-order valence-corrected chi connectivity index (χ2v) is 7.34. The number of anilines is 3. The predicted molar refractivity (Wildman–Crippen MR) is 106 cm³/mol. The Labute approximate surface area is 153 Å². The summed E-state index contributed by atoms with van der Waals surface area (Å²) in [5, 5.41) is 6.45. The van der Waals surface area contributed by atoms with Crippen LogP contribution in [0.1, 0.15) is 26.2 Å². The van der Waals surface area contributed by atoms with Crippen LogP contribution < -0.4 is 15.4 Å².